The number of carbonyl (C=O) groups is 1. The highest BCUT2D eigenvalue weighted by Crippen LogP contribution is 2.31. The van der Waals surface area contributed by atoms with Gasteiger partial charge in [0.1, 0.15) is 10.8 Å². The van der Waals surface area contributed by atoms with E-state index in [1.54, 1.807) is 11.3 Å². The zero-order valence-corrected chi connectivity index (χ0v) is 15.5. The molecule has 134 valence electrons. The lowest BCUT2D eigenvalue weighted by molar-refractivity contribution is -0.123. The van der Waals surface area contributed by atoms with E-state index in [2.05, 4.69) is 16.4 Å². The van der Waals surface area contributed by atoms with Crippen molar-refractivity contribution in [1.82, 2.24) is 15.2 Å². The van der Waals surface area contributed by atoms with Crippen LogP contribution in [-0.4, -0.2) is 36.0 Å². The molecule has 1 N–H and O–H groups in total. The van der Waals surface area contributed by atoms with E-state index in [9.17, 15) is 4.79 Å². The molecule has 26 heavy (non-hydrogen) atoms. The average Bonchev–Trinajstić information content (AvgIpc) is 3.04. The van der Waals surface area contributed by atoms with E-state index in [1.165, 1.54) is 4.70 Å². The highest BCUT2D eigenvalue weighted by Gasteiger charge is 2.23. The predicted octanol–water partition coefficient (Wildman–Crippen LogP) is 3.37. The van der Waals surface area contributed by atoms with E-state index >= 15 is 0 Å². The smallest absolute Gasteiger partial charge is 0.234 e. The summed E-state index contributed by atoms with van der Waals surface area (Å²) >= 11 is 1.68. The number of fused-ring (bicyclic) bond motifs is 2. The standard InChI is InChI=1S/C20H21N3O2S/c1-23(13-20-22-16-7-3-5-9-18(16)26-20)12-19(24)21-15-10-11-25-17-8-4-2-6-14(15)17/h2-9,15H,10-13H2,1H3,(H,21,24). The molecule has 1 atom stereocenters. The van der Waals surface area contributed by atoms with Crippen molar-refractivity contribution < 1.29 is 9.53 Å². The van der Waals surface area contributed by atoms with Crippen molar-refractivity contribution >= 4 is 27.5 Å². The largest absolute Gasteiger partial charge is 0.493 e. The van der Waals surface area contributed by atoms with Crippen LogP contribution >= 0.6 is 11.3 Å². The third-order valence-electron chi connectivity index (χ3n) is 4.45. The summed E-state index contributed by atoms with van der Waals surface area (Å²) in [6, 6.07) is 16.0. The number of aromatic nitrogens is 1. The summed E-state index contributed by atoms with van der Waals surface area (Å²) in [5, 5.41) is 4.17. The summed E-state index contributed by atoms with van der Waals surface area (Å²) in [6.45, 7) is 1.64. The third-order valence-corrected chi connectivity index (χ3v) is 5.47. The third kappa shape index (κ3) is 3.71. The molecule has 0 radical (unpaired) electrons. The zero-order chi connectivity index (χ0) is 17.9. The molecule has 6 heteroatoms. The molecule has 0 saturated carbocycles. The first-order valence-corrected chi connectivity index (χ1v) is 9.55. The molecule has 5 nitrogen and oxygen atoms in total. The Labute approximate surface area is 156 Å². The lowest BCUT2D eigenvalue weighted by Crippen LogP contribution is -2.38. The minimum atomic E-state index is 0.0169. The van der Waals surface area contributed by atoms with Gasteiger partial charge in [0.15, 0.2) is 0 Å². The number of hydrogen-bond acceptors (Lipinski definition) is 5. The molecule has 0 saturated heterocycles. The van der Waals surface area contributed by atoms with Gasteiger partial charge in [-0.25, -0.2) is 4.98 Å². The first kappa shape index (κ1) is 17.0. The number of amides is 1. The second-order valence-electron chi connectivity index (χ2n) is 6.54. The normalized spacial score (nSPS) is 16.3. The highest BCUT2D eigenvalue weighted by molar-refractivity contribution is 7.18. The number of hydrogen-bond donors (Lipinski definition) is 1. The summed E-state index contributed by atoms with van der Waals surface area (Å²) in [5.41, 5.74) is 2.07. The van der Waals surface area contributed by atoms with Gasteiger partial charge in [-0.15, -0.1) is 11.3 Å². The maximum Gasteiger partial charge on any atom is 0.234 e. The van der Waals surface area contributed by atoms with Crippen LogP contribution in [0.25, 0.3) is 10.2 Å². The van der Waals surface area contributed by atoms with Crippen LogP contribution in [0.3, 0.4) is 0 Å². The lowest BCUT2D eigenvalue weighted by atomic mass is 10.0. The number of likely N-dealkylation sites (N-methyl/N-ethyl adjacent to an activating group) is 1. The fourth-order valence-corrected chi connectivity index (χ4v) is 4.30. The second-order valence-corrected chi connectivity index (χ2v) is 7.66. The van der Waals surface area contributed by atoms with Crippen LogP contribution in [-0.2, 0) is 11.3 Å². The van der Waals surface area contributed by atoms with E-state index in [4.69, 9.17) is 4.74 Å². The molecule has 3 aromatic rings. The molecule has 0 aliphatic carbocycles. The van der Waals surface area contributed by atoms with Gasteiger partial charge in [0.05, 0.1) is 36.0 Å². The van der Waals surface area contributed by atoms with E-state index in [-0.39, 0.29) is 11.9 Å². The van der Waals surface area contributed by atoms with Crippen molar-refractivity contribution in [3.63, 3.8) is 0 Å². The molecule has 1 aliphatic heterocycles. The van der Waals surface area contributed by atoms with Gasteiger partial charge < -0.3 is 10.1 Å². The van der Waals surface area contributed by atoms with Crippen molar-refractivity contribution in [3.8, 4) is 5.75 Å². The van der Waals surface area contributed by atoms with Gasteiger partial charge in [-0.05, 0) is 25.2 Å². The number of nitrogens with one attached hydrogen (secondary N) is 1. The van der Waals surface area contributed by atoms with Crippen molar-refractivity contribution in [1.29, 1.82) is 0 Å². The fourth-order valence-electron chi connectivity index (χ4n) is 3.25. The number of para-hydroxylation sites is 2. The molecule has 1 aliphatic rings. The monoisotopic (exact) mass is 367 g/mol. The number of benzene rings is 2. The maximum absolute atomic E-state index is 12.5. The van der Waals surface area contributed by atoms with Crippen LogP contribution in [0.4, 0.5) is 0 Å². The van der Waals surface area contributed by atoms with E-state index in [0.717, 1.165) is 28.3 Å². The molecular formula is C20H21N3O2S. The van der Waals surface area contributed by atoms with E-state index in [0.29, 0.717) is 19.7 Å². The van der Waals surface area contributed by atoms with Gasteiger partial charge >= 0.3 is 0 Å². The van der Waals surface area contributed by atoms with Crippen molar-refractivity contribution in [2.45, 2.75) is 19.0 Å². The average molecular weight is 367 g/mol. The van der Waals surface area contributed by atoms with Crippen LogP contribution in [0.5, 0.6) is 5.75 Å². The molecule has 0 spiro atoms. The lowest BCUT2D eigenvalue weighted by Gasteiger charge is -2.27. The zero-order valence-electron chi connectivity index (χ0n) is 14.6. The summed E-state index contributed by atoms with van der Waals surface area (Å²) in [7, 11) is 1.95. The minimum absolute atomic E-state index is 0.0169. The number of carbonyl (C=O) groups excluding carboxylic acids is 1. The van der Waals surface area contributed by atoms with Gasteiger partial charge in [0, 0.05) is 12.0 Å². The minimum Gasteiger partial charge on any atom is -0.493 e. The summed E-state index contributed by atoms with van der Waals surface area (Å²) in [5.74, 6) is 0.891. The molecule has 2 heterocycles. The maximum atomic E-state index is 12.5. The van der Waals surface area contributed by atoms with Gasteiger partial charge in [-0.3, -0.25) is 9.69 Å². The van der Waals surface area contributed by atoms with Crippen LogP contribution in [0.2, 0.25) is 0 Å². The van der Waals surface area contributed by atoms with Crippen LogP contribution < -0.4 is 10.1 Å². The molecule has 2 aromatic carbocycles. The van der Waals surface area contributed by atoms with Gasteiger partial charge in [0.25, 0.3) is 0 Å². The van der Waals surface area contributed by atoms with Crippen molar-refractivity contribution in [3.05, 3.63) is 59.1 Å². The Kier molecular flexibility index (Phi) is 4.86. The SMILES string of the molecule is CN(CC(=O)NC1CCOc2ccccc21)Cc1nc2ccccc2s1. The van der Waals surface area contributed by atoms with Gasteiger partial charge in [0.2, 0.25) is 5.91 Å². The molecule has 1 aromatic heterocycles. The Hall–Kier alpha value is -2.44. The number of rotatable bonds is 5. The number of ether oxygens (including phenoxy) is 1. The fraction of sp³-hybridized carbons (Fsp3) is 0.300. The van der Waals surface area contributed by atoms with E-state index < -0.39 is 0 Å². The van der Waals surface area contributed by atoms with Crippen LogP contribution in [0.15, 0.2) is 48.5 Å². The van der Waals surface area contributed by atoms with Crippen LogP contribution in [0, 0.1) is 0 Å². The summed E-state index contributed by atoms with van der Waals surface area (Å²) in [4.78, 5) is 19.1. The van der Waals surface area contributed by atoms with Crippen molar-refractivity contribution in [2.24, 2.45) is 0 Å². The first-order valence-electron chi connectivity index (χ1n) is 8.73. The van der Waals surface area contributed by atoms with Crippen LogP contribution in [0.1, 0.15) is 23.0 Å². The predicted molar refractivity (Wildman–Crippen MR) is 103 cm³/mol. The van der Waals surface area contributed by atoms with Gasteiger partial charge in [-0.1, -0.05) is 30.3 Å². The number of nitrogens with zero attached hydrogens (tertiary/aromatic N) is 2. The Morgan fingerprint density at radius 1 is 1.27 bits per heavy atom. The Morgan fingerprint density at radius 3 is 2.96 bits per heavy atom. The van der Waals surface area contributed by atoms with E-state index in [1.807, 2.05) is 54.4 Å². The molecule has 0 bridgehead atoms. The molecule has 0 fully saturated rings. The second kappa shape index (κ2) is 7.43. The molecule has 4 rings (SSSR count). The Bertz CT molecular complexity index is 891. The summed E-state index contributed by atoms with van der Waals surface area (Å²) < 4.78 is 6.84. The Morgan fingerprint density at radius 2 is 2.08 bits per heavy atom. The molecule has 1 amide bonds. The molecular weight excluding hydrogens is 346 g/mol. The first-order chi connectivity index (χ1) is 12.7. The number of thiazole rings is 1. The summed E-state index contributed by atoms with van der Waals surface area (Å²) in [6.07, 6.45) is 0.796. The molecule has 1 unspecified atom stereocenters. The Balaban J connectivity index is 1.36. The van der Waals surface area contributed by atoms with Crippen molar-refractivity contribution in [2.75, 3.05) is 20.2 Å². The quantitative estimate of drug-likeness (QED) is 0.751. The topological polar surface area (TPSA) is 54.5 Å². The van der Waals surface area contributed by atoms with Gasteiger partial charge in [-0.2, -0.15) is 0 Å². The highest BCUT2D eigenvalue weighted by atomic mass is 32.1.